The maximum absolute atomic E-state index is 5.56. The van der Waals surface area contributed by atoms with E-state index >= 15 is 0 Å². The zero-order valence-corrected chi connectivity index (χ0v) is 10.9. The van der Waals surface area contributed by atoms with Crippen LogP contribution in [0.1, 0.15) is 24.1 Å². The van der Waals surface area contributed by atoms with Crippen molar-refractivity contribution < 1.29 is 4.42 Å². The molecular weight excluding hydrogens is 238 g/mol. The van der Waals surface area contributed by atoms with Crippen LogP contribution in [0.15, 0.2) is 41.1 Å². The van der Waals surface area contributed by atoms with Gasteiger partial charge in [-0.05, 0) is 17.0 Å². The van der Waals surface area contributed by atoms with Crippen molar-refractivity contribution in [1.82, 2.24) is 15.3 Å². The molecule has 0 amide bonds. The molecule has 0 saturated carbocycles. The minimum absolute atomic E-state index is 0.650. The second-order valence-corrected chi connectivity index (χ2v) is 4.54. The van der Waals surface area contributed by atoms with Gasteiger partial charge >= 0.3 is 0 Å². The van der Waals surface area contributed by atoms with Gasteiger partial charge in [0, 0.05) is 24.7 Å². The molecule has 98 valence electrons. The van der Waals surface area contributed by atoms with Crippen molar-refractivity contribution in [3.8, 4) is 0 Å². The summed E-state index contributed by atoms with van der Waals surface area (Å²) in [6.07, 6.45) is 4.65. The maximum atomic E-state index is 5.56. The molecule has 0 fully saturated rings. The van der Waals surface area contributed by atoms with Crippen molar-refractivity contribution in [3.05, 3.63) is 53.9 Å². The average molecular weight is 255 g/mol. The zero-order valence-electron chi connectivity index (χ0n) is 10.9. The lowest BCUT2D eigenvalue weighted by Crippen LogP contribution is -2.13. The molecule has 0 saturated heterocycles. The van der Waals surface area contributed by atoms with Gasteiger partial charge in [-0.15, -0.1) is 0 Å². The molecule has 0 spiro atoms. The molecule has 4 heteroatoms. The number of aromatic nitrogens is 2. The van der Waals surface area contributed by atoms with Crippen LogP contribution >= 0.6 is 0 Å². The van der Waals surface area contributed by atoms with Crippen LogP contribution in [0.2, 0.25) is 0 Å². The van der Waals surface area contributed by atoms with Gasteiger partial charge in [0.15, 0.2) is 0 Å². The normalized spacial score (nSPS) is 11.2. The average Bonchev–Trinajstić information content (AvgIpc) is 3.07. The molecule has 1 aromatic carbocycles. The molecule has 0 bridgehead atoms. The van der Waals surface area contributed by atoms with Crippen LogP contribution in [0.25, 0.3) is 10.9 Å². The van der Waals surface area contributed by atoms with E-state index in [0.717, 1.165) is 24.6 Å². The number of para-hydroxylation sites is 1. The predicted octanol–water partition coefficient (Wildman–Crippen LogP) is 3.01. The van der Waals surface area contributed by atoms with E-state index in [-0.39, 0.29) is 0 Å². The number of hydrogen-bond donors (Lipinski definition) is 2. The number of nitrogens with zero attached hydrogens (tertiary/aromatic N) is 1. The van der Waals surface area contributed by atoms with Crippen LogP contribution in [0.3, 0.4) is 0 Å². The van der Waals surface area contributed by atoms with Crippen LogP contribution in [0.5, 0.6) is 0 Å². The van der Waals surface area contributed by atoms with E-state index in [2.05, 4.69) is 46.5 Å². The number of benzene rings is 1. The maximum Gasteiger partial charge on any atom is 0.208 e. The van der Waals surface area contributed by atoms with Crippen molar-refractivity contribution in [2.24, 2.45) is 0 Å². The largest absolute Gasteiger partial charge is 0.444 e. The van der Waals surface area contributed by atoms with Crippen LogP contribution < -0.4 is 5.32 Å². The summed E-state index contributed by atoms with van der Waals surface area (Å²) in [5, 5.41) is 4.60. The fourth-order valence-corrected chi connectivity index (χ4v) is 2.19. The first kappa shape index (κ1) is 12.0. The van der Waals surface area contributed by atoms with Gasteiger partial charge in [-0.1, -0.05) is 25.1 Å². The SMILES string of the molecule is CCc1cnc(CNCc2cccc3cc[nH]c23)o1. The monoisotopic (exact) mass is 255 g/mol. The first-order chi connectivity index (χ1) is 9.36. The molecule has 0 radical (unpaired) electrons. The number of oxazole rings is 1. The molecule has 2 heterocycles. The van der Waals surface area contributed by atoms with Crippen molar-refractivity contribution >= 4 is 10.9 Å². The van der Waals surface area contributed by atoms with E-state index in [1.165, 1.54) is 16.5 Å². The quantitative estimate of drug-likeness (QED) is 0.737. The lowest BCUT2D eigenvalue weighted by molar-refractivity contribution is 0.439. The second-order valence-electron chi connectivity index (χ2n) is 4.54. The van der Waals surface area contributed by atoms with Gasteiger partial charge in [0.25, 0.3) is 0 Å². The third-order valence-electron chi connectivity index (χ3n) is 3.22. The van der Waals surface area contributed by atoms with Crippen molar-refractivity contribution in [2.45, 2.75) is 26.4 Å². The molecular formula is C15H17N3O. The lowest BCUT2D eigenvalue weighted by Gasteiger charge is -2.04. The molecule has 2 N–H and O–H groups in total. The minimum Gasteiger partial charge on any atom is -0.444 e. The molecule has 0 unspecified atom stereocenters. The Morgan fingerprint density at radius 2 is 2.21 bits per heavy atom. The Kier molecular flexibility index (Phi) is 3.33. The van der Waals surface area contributed by atoms with E-state index in [9.17, 15) is 0 Å². The van der Waals surface area contributed by atoms with Gasteiger partial charge < -0.3 is 14.7 Å². The highest BCUT2D eigenvalue weighted by atomic mass is 16.4. The van der Waals surface area contributed by atoms with E-state index < -0.39 is 0 Å². The highest BCUT2D eigenvalue weighted by molar-refractivity contribution is 5.82. The van der Waals surface area contributed by atoms with Gasteiger partial charge in [-0.25, -0.2) is 4.98 Å². The van der Waals surface area contributed by atoms with Crippen molar-refractivity contribution in [3.63, 3.8) is 0 Å². The summed E-state index contributed by atoms with van der Waals surface area (Å²) in [5.41, 5.74) is 2.45. The summed E-state index contributed by atoms with van der Waals surface area (Å²) < 4.78 is 5.56. The predicted molar refractivity (Wildman–Crippen MR) is 74.7 cm³/mol. The smallest absolute Gasteiger partial charge is 0.208 e. The summed E-state index contributed by atoms with van der Waals surface area (Å²) in [7, 11) is 0. The van der Waals surface area contributed by atoms with Crippen LogP contribution in [0, 0.1) is 0 Å². The Labute approximate surface area is 111 Å². The second kappa shape index (κ2) is 5.28. The van der Waals surface area contributed by atoms with E-state index in [4.69, 9.17) is 4.42 Å². The summed E-state index contributed by atoms with van der Waals surface area (Å²) >= 11 is 0. The number of H-pyrrole nitrogens is 1. The molecule has 0 aliphatic heterocycles. The molecule has 3 rings (SSSR count). The Morgan fingerprint density at radius 1 is 1.26 bits per heavy atom. The summed E-state index contributed by atoms with van der Waals surface area (Å²) in [6.45, 7) is 3.50. The molecule has 0 atom stereocenters. The van der Waals surface area contributed by atoms with Crippen LogP contribution in [0.4, 0.5) is 0 Å². The van der Waals surface area contributed by atoms with Gasteiger partial charge in [0.05, 0.1) is 12.7 Å². The molecule has 3 aromatic rings. The number of nitrogens with one attached hydrogen (secondary N) is 2. The molecule has 19 heavy (non-hydrogen) atoms. The van der Waals surface area contributed by atoms with Gasteiger partial charge in [0.2, 0.25) is 5.89 Å². The Balaban J connectivity index is 1.64. The number of rotatable bonds is 5. The topological polar surface area (TPSA) is 53.9 Å². The lowest BCUT2D eigenvalue weighted by atomic mass is 10.1. The van der Waals surface area contributed by atoms with Gasteiger partial charge in [0.1, 0.15) is 5.76 Å². The summed E-state index contributed by atoms with van der Waals surface area (Å²) in [6, 6.07) is 8.39. The van der Waals surface area contributed by atoms with E-state index in [0.29, 0.717) is 6.54 Å². The molecule has 0 aliphatic carbocycles. The molecule has 2 aromatic heterocycles. The van der Waals surface area contributed by atoms with Crippen LogP contribution in [-0.4, -0.2) is 9.97 Å². The summed E-state index contributed by atoms with van der Waals surface area (Å²) in [4.78, 5) is 7.50. The Morgan fingerprint density at radius 3 is 3.05 bits per heavy atom. The van der Waals surface area contributed by atoms with E-state index in [1.807, 2.05) is 6.20 Å². The third-order valence-corrected chi connectivity index (χ3v) is 3.22. The first-order valence-electron chi connectivity index (χ1n) is 6.56. The highest BCUT2D eigenvalue weighted by Crippen LogP contribution is 2.16. The Bertz CT molecular complexity index is 669. The molecule has 0 aliphatic rings. The number of fused-ring (bicyclic) bond motifs is 1. The fourth-order valence-electron chi connectivity index (χ4n) is 2.19. The van der Waals surface area contributed by atoms with Gasteiger partial charge in [-0.2, -0.15) is 0 Å². The number of aromatic amines is 1. The minimum atomic E-state index is 0.650. The highest BCUT2D eigenvalue weighted by Gasteiger charge is 2.04. The summed E-state index contributed by atoms with van der Waals surface area (Å²) in [5.74, 6) is 1.68. The van der Waals surface area contributed by atoms with Crippen molar-refractivity contribution in [1.29, 1.82) is 0 Å². The van der Waals surface area contributed by atoms with Crippen molar-refractivity contribution in [2.75, 3.05) is 0 Å². The molecule has 4 nitrogen and oxygen atoms in total. The number of aryl methyl sites for hydroxylation is 1. The number of hydrogen-bond acceptors (Lipinski definition) is 3. The van der Waals surface area contributed by atoms with E-state index in [1.54, 1.807) is 6.20 Å². The fraction of sp³-hybridized carbons (Fsp3) is 0.267. The third kappa shape index (κ3) is 2.53. The Hall–Kier alpha value is -2.07. The first-order valence-corrected chi connectivity index (χ1v) is 6.56. The van der Waals surface area contributed by atoms with Gasteiger partial charge in [-0.3, -0.25) is 0 Å². The standard InChI is InChI=1S/C15H17N3O/c1-2-13-9-18-14(19-13)10-16-8-12-5-3-4-11-6-7-17-15(11)12/h3-7,9,16-17H,2,8,10H2,1H3. The zero-order chi connectivity index (χ0) is 13.1. The van der Waals surface area contributed by atoms with Crippen LogP contribution in [-0.2, 0) is 19.5 Å².